The number of anilines is 1. The molecule has 0 aliphatic heterocycles. The number of hydrogen-bond acceptors (Lipinski definition) is 4. The van der Waals surface area contributed by atoms with E-state index in [-0.39, 0.29) is 11.5 Å². The first kappa shape index (κ1) is 14.6. The van der Waals surface area contributed by atoms with Gasteiger partial charge < -0.3 is 10.1 Å². The molecule has 2 saturated carbocycles. The molecule has 2 fully saturated rings. The van der Waals surface area contributed by atoms with Gasteiger partial charge in [-0.2, -0.15) is 4.98 Å². The summed E-state index contributed by atoms with van der Waals surface area (Å²) in [7, 11) is 0. The lowest BCUT2D eigenvalue weighted by Gasteiger charge is -2.38. The Kier molecular flexibility index (Phi) is 3.38. The Hall–Kier alpha value is -1.32. The highest BCUT2D eigenvalue weighted by Gasteiger charge is 2.62. The number of nitrogens with one attached hydrogen (secondary N) is 1. The van der Waals surface area contributed by atoms with E-state index < -0.39 is 0 Å². The molecule has 4 heteroatoms. The van der Waals surface area contributed by atoms with Gasteiger partial charge in [0.15, 0.2) is 0 Å². The molecule has 0 spiro atoms. The largest absolute Gasteiger partial charge is 0.474 e. The first-order valence-electron chi connectivity index (χ1n) is 8.13. The number of aryl methyl sites for hydroxylation is 1. The summed E-state index contributed by atoms with van der Waals surface area (Å²) in [5.41, 5.74) is 1.57. The van der Waals surface area contributed by atoms with E-state index in [1.165, 1.54) is 12.8 Å². The van der Waals surface area contributed by atoms with Crippen LogP contribution in [-0.4, -0.2) is 22.6 Å². The van der Waals surface area contributed by atoms with Crippen LogP contribution in [0.25, 0.3) is 0 Å². The Morgan fingerprint density at radius 2 is 2.10 bits per heavy atom. The maximum Gasteiger partial charge on any atom is 0.226 e. The molecule has 116 valence electrons. The van der Waals surface area contributed by atoms with Gasteiger partial charge in [-0.15, -0.1) is 0 Å². The van der Waals surface area contributed by atoms with Gasteiger partial charge in [-0.25, -0.2) is 4.98 Å². The molecule has 1 aromatic heterocycles. The van der Waals surface area contributed by atoms with Crippen LogP contribution < -0.4 is 10.1 Å². The highest BCUT2D eigenvalue weighted by molar-refractivity contribution is 5.30. The van der Waals surface area contributed by atoms with Gasteiger partial charge in [0.1, 0.15) is 6.10 Å². The summed E-state index contributed by atoms with van der Waals surface area (Å²) >= 11 is 0. The van der Waals surface area contributed by atoms with Gasteiger partial charge in [-0.1, -0.05) is 20.8 Å². The lowest BCUT2D eigenvalue weighted by atomic mass is 9.70. The summed E-state index contributed by atoms with van der Waals surface area (Å²) in [6, 6.07) is 1.95. The normalized spacial score (nSPS) is 33.2. The fourth-order valence-electron chi connectivity index (χ4n) is 4.29. The molecule has 0 saturated heterocycles. The molecular weight excluding hydrogens is 262 g/mol. The highest BCUT2D eigenvalue weighted by atomic mass is 16.5. The number of fused-ring (bicyclic) bond motifs is 2. The molecule has 21 heavy (non-hydrogen) atoms. The van der Waals surface area contributed by atoms with Crippen molar-refractivity contribution in [2.75, 3.05) is 11.9 Å². The summed E-state index contributed by atoms with van der Waals surface area (Å²) < 4.78 is 6.32. The molecule has 2 aliphatic rings. The fraction of sp³-hybridized carbons (Fsp3) is 0.765. The lowest BCUT2D eigenvalue weighted by molar-refractivity contribution is 0.0273. The topological polar surface area (TPSA) is 47.0 Å². The lowest BCUT2D eigenvalue weighted by Crippen LogP contribution is -2.39. The van der Waals surface area contributed by atoms with Crippen molar-refractivity contribution in [1.82, 2.24) is 9.97 Å². The molecule has 0 radical (unpaired) electrons. The Bertz CT molecular complexity index is 543. The third-order valence-electron chi connectivity index (χ3n) is 6.14. The second-order valence-electron chi connectivity index (χ2n) is 7.42. The molecule has 3 unspecified atom stereocenters. The summed E-state index contributed by atoms with van der Waals surface area (Å²) in [5.74, 6) is 2.16. The summed E-state index contributed by atoms with van der Waals surface area (Å²) in [6.07, 6.45) is 4.03. The van der Waals surface area contributed by atoms with Crippen molar-refractivity contribution >= 4 is 5.95 Å². The van der Waals surface area contributed by atoms with E-state index in [4.69, 9.17) is 4.74 Å². The Labute approximate surface area is 127 Å². The minimum Gasteiger partial charge on any atom is -0.474 e. The Morgan fingerprint density at radius 3 is 2.67 bits per heavy atom. The van der Waals surface area contributed by atoms with E-state index in [0.29, 0.717) is 17.2 Å². The van der Waals surface area contributed by atoms with E-state index in [1.54, 1.807) is 0 Å². The van der Waals surface area contributed by atoms with Crippen LogP contribution >= 0.6 is 0 Å². The van der Waals surface area contributed by atoms with Crippen molar-refractivity contribution in [2.45, 2.75) is 60.0 Å². The minimum absolute atomic E-state index is 0.259. The van der Waals surface area contributed by atoms with Crippen LogP contribution in [0.4, 0.5) is 5.95 Å². The molecule has 2 aliphatic carbocycles. The standard InChI is InChI=1S/C17H27N3O/c1-6-18-15-19-11(2)9-14(20-15)21-13-10-12-7-8-17(13,5)16(12,3)4/h9,12-13H,6-8,10H2,1-5H3,(H,18,19,20). The molecule has 2 bridgehead atoms. The minimum atomic E-state index is 0.259. The zero-order valence-electron chi connectivity index (χ0n) is 13.9. The predicted molar refractivity (Wildman–Crippen MR) is 84.6 cm³/mol. The second-order valence-corrected chi connectivity index (χ2v) is 7.42. The monoisotopic (exact) mass is 289 g/mol. The number of hydrogen-bond donors (Lipinski definition) is 1. The molecule has 4 nitrogen and oxygen atoms in total. The molecular formula is C17H27N3O. The van der Waals surface area contributed by atoms with E-state index in [0.717, 1.165) is 24.6 Å². The smallest absolute Gasteiger partial charge is 0.226 e. The average molecular weight is 289 g/mol. The van der Waals surface area contributed by atoms with Gasteiger partial charge in [-0.3, -0.25) is 0 Å². The van der Waals surface area contributed by atoms with Crippen LogP contribution in [0.5, 0.6) is 5.88 Å². The van der Waals surface area contributed by atoms with Gasteiger partial charge in [-0.05, 0) is 44.4 Å². The van der Waals surface area contributed by atoms with Crippen molar-refractivity contribution in [3.05, 3.63) is 11.8 Å². The number of rotatable bonds is 4. The number of aromatic nitrogens is 2. The molecule has 1 heterocycles. The highest BCUT2D eigenvalue weighted by Crippen LogP contribution is 2.66. The van der Waals surface area contributed by atoms with Gasteiger partial charge in [0.2, 0.25) is 11.8 Å². The fourth-order valence-corrected chi connectivity index (χ4v) is 4.29. The maximum absolute atomic E-state index is 6.32. The van der Waals surface area contributed by atoms with Crippen LogP contribution in [-0.2, 0) is 0 Å². The number of nitrogens with zero attached hydrogens (tertiary/aromatic N) is 2. The van der Waals surface area contributed by atoms with Crippen molar-refractivity contribution in [2.24, 2.45) is 16.7 Å². The van der Waals surface area contributed by atoms with Gasteiger partial charge in [0.25, 0.3) is 0 Å². The van der Waals surface area contributed by atoms with E-state index >= 15 is 0 Å². The third kappa shape index (κ3) is 2.19. The average Bonchev–Trinajstić information content (AvgIpc) is 2.71. The Morgan fingerprint density at radius 1 is 1.33 bits per heavy atom. The molecule has 3 atom stereocenters. The van der Waals surface area contributed by atoms with Crippen molar-refractivity contribution < 1.29 is 4.74 Å². The summed E-state index contributed by atoms with van der Waals surface area (Å²) in [6.45, 7) is 12.1. The van der Waals surface area contributed by atoms with Crippen molar-refractivity contribution in [1.29, 1.82) is 0 Å². The zero-order chi connectivity index (χ0) is 15.3. The number of ether oxygens (including phenoxy) is 1. The van der Waals surface area contributed by atoms with Crippen LogP contribution in [0.3, 0.4) is 0 Å². The third-order valence-corrected chi connectivity index (χ3v) is 6.14. The summed E-state index contributed by atoms with van der Waals surface area (Å²) in [5, 5.41) is 3.17. The Balaban J connectivity index is 1.82. The van der Waals surface area contributed by atoms with Crippen LogP contribution in [0, 0.1) is 23.7 Å². The van der Waals surface area contributed by atoms with Crippen LogP contribution in [0.1, 0.15) is 52.7 Å². The van der Waals surface area contributed by atoms with E-state index in [2.05, 4.69) is 36.1 Å². The van der Waals surface area contributed by atoms with Crippen LogP contribution in [0.15, 0.2) is 6.07 Å². The molecule has 3 rings (SSSR count). The van der Waals surface area contributed by atoms with Crippen molar-refractivity contribution in [3.63, 3.8) is 0 Å². The molecule has 0 aromatic carbocycles. The first-order chi connectivity index (χ1) is 9.86. The van der Waals surface area contributed by atoms with Crippen LogP contribution in [0.2, 0.25) is 0 Å². The molecule has 0 amide bonds. The molecule has 1 aromatic rings. The second kappa shape index (κ2) is 4.85. The predicted octanol–water partition coefficient (Wildman–Crippen LogP) is 3.81. The maximum atomic E-state index is 6.32. The van der Waals surface area contributed by atoms with E-state index in [9.17, 15) is 0 Å². The van der Waals surface area contributed by atoms with Gasteiger partial charge in [0.05, 0.1) is 0 Å². The summed E-state index contributed by atoms with van der Waals surface area (Å²) in [4.78, 5) is 8.89. The zero-order valence-corrected chi connectivity index (χ0v) is 13.9. The molecule has 1 N–H and O–H groups in total. The first-order valence-corrected chi connectivity index (χ1v) is 8.13. The SMILES string of the molecule is CCNc1nc(C)cc(OC2CC3CCC2(C)C3(C)C)n1. The van der Waals surface area contributed by atoms with Gasteiger partial charge in [0, 0.05) is 23.7 Å². The van der Waals surface area contributed by atoms with Gasteiger partial charge >= 0.3 is 0 Å². The van der Waals surface area contributed by atoms with Crippen molar-refractivity contribution in [3.8, 4) is 5.88 Å². The quantitative estimate of drug-likeness (QED) is 0.915. The van der Waals surface area contributed by atoms with E-state index in [1.807, 2.05) is 19.9 Å².